The van der Waals surface area contributed by atoms with Crippen LogP contribution in [0.5, 0.6) is 11.5 Å². The van der Waals surface area contributed by atoms with Crippen LogP contribution < -0.4 is 14.8 Å². The standard InChI is InChI=1S/C18H27N3O3/c1-2-20-7-9-21(10-8-20)14-18(22)19-6-5-15-3-4-16-17(13-15)24-12-11-23-16/h3-4,13H,2,5-12,14H2,1H3,(H,19,22). The molecular weight excluding hydrogens is 306 g/mol. The predicted molar refractivity (Wildman–Crippen MR) is 92.7 cm³/mol. The van der Waals surface area contributed by atoms with Crippen molar-refractivity contribution in [3.05, 3.63) is 23.8 Å². The molecule has 6 heteroatoms. The first-order valence-corrected chi connectivity index (χ1v) is 8.84. The molecule has 1 aromatic rings. The van der Waals surface area contributed by atoms with Crippen molar-refractivity contribution in [2.75, 3.05) is 59.0 Å². The summed E-state index contributed by atoms with van der Waals surface area (Å²) in [5.74, 6) is 1.72. The number of amides is 1. The monoisotopic (exact) mass is 333 g/mol. The van der Waals surface area contributed by atoms with Gasteiger partial charge in [-0.2, -0.15) is 0 Å². The molecule has 1 fully saturated rings. The Morgan fingerprint density at radius 1 is 1.08 bits per heavy atom. The van der Waals surface area contributed by atoms with Gasteiger partial charge in [-0.3, -0.25) is 9.69 Å². The number of fused-ring (bicyclic) bond motifs is 1. The van der Waals surface area contributed by atoms with Gasteiger partial charge in [0.05, 0.1) is 6.54 Å². The van der Waals surface area contributed by atoms with Gasteiger partial charge in [-0.25, -0.2) is 0 Å². The number of nitrogens with one attached hydrogen (secondary N) is 1. The molecule has 1 amide bonds. The van der Waals surface area contributed by atoms with E-state index >= 15 is 0 Å². The molecule has 0 atom stereocenters. The molecule has 2 heterocycles. The van der Waals surface area contributed by atoms with Gasteiger partial charge in [0, 0.05) is 32.7 Å². The zero-order valence-electron chi connectivity index (χ0n) is 14.4. The Bertz CT molecular complexity index is 556. The first kappa shape index (κ1) is 17.0. The van der Waals surface area contributed by atoms with Gasteiger partial charge in [-0.05, 0) is 30.7 Å². The number of carbonyl (C=O) groups excluding carboxylic acids is 1. The van der Waals surface area contributed by atoms with E-state index in [1.807, 2.05) is 18.2 Å². The average Bonchev–Trinajstić information content (AvgIpc) is 2.62. The normalized spacial score (nSPS) is 18.4. The van der Waals surface area contributed by atoms with Gasteiger partial charge in [0.25, 0.3) is 0 Å². The molecule has 0 saturated carbocycles. The predicted octanol–water partition coefficient (Wildman–Crippen LogP) is 0.754. The van der Waals surface area contributed by atoms with Crippen molar-refractivity contribution in [3.8, 4) is 11.5 Å². The van der Waals surface area contributed by atoms with Gasteiger partial charge >= 0.3 is 0 Å². The fourth-order valence-electron chi connectivity index (χ4n) is 3.11. The maximum absolute atomic E-state index is 12.1. The second-order valence-corrected chi connectivity index (χ2v) is 6.29. The Morgan fingerprint density at radius 3 is 2.54 bits per heavy atom. The molecule has 1 aromatic carbocycles. The maximum Gasteiger partial charge on any atom is 0.234 e. The molecule has 6 nitrogen and oxygen atoms in total. The molecule has 2 aliphatic rings. The molecule has 1 N–H and O–H groups in total. The summed E-state index contributed by atoms with van der Waals surface area (Å²) in [6.07, 6.45) is 0.798. The molecular formula is C18H27N3O3. The topological polar surface area (TPSA) is 54.0 Å². The second-order valence-electron chi connectivity index (χ2n) is 6.29. The van der Waals surface area contributed by atoms with Crippen molar-refractivity contribution in [1.82, 2.24) is 15.1 Å². The van der Waals surface area contributed by atoms with Crippen molar-refractivity contribution in [3.63, 3.8) is 0 Å². The molecule has 0 radical (unpaired) electrons. The number of ether oxygens (including phenoxy) is 2. The van der Waals surface area contributed by atoms with E-state index in [0.717, 1.165) is 56.2 Å². The summed E-state index contributed by atoms with van der Waals surface area (Å²) in [4.78, 5) is 16.7. The van der Waals surface area contributed by atoms with E-state index in [9.17, 15) is 4.79 Å². The summed E-state index contributed by atoms with van der Waals surface area (Å²) in [5, 5.41) is 3.02. The molecule has 2 aliphatic heterocycles. The van der Waals surface area contributed by atoms with Crippen LogP contribution in [-0.2, 0) is 11.2 Å². The number of nitrogens with zero attached hydrogens (tertiary/aromatic N) is 2. The summed E-state index contributed by atoms with van der Waals surface area (Å²) in [6.45, 7) is 9.68. The smallest absolute Gasteiger partial charge is 0.234 e. The second kappa shape index (κ2) is 8.35. The number of rotatable bonds is 6. The van der Waals surface area contributed by atoms with Crippen molar-refractivity contribution < 1.29 is 14.3 Å². The van der Waals surface area contributed by atoms with Crippen LogP contribution in [0.1, 0.15) is 12.5 Å². The number of piperazine rings is 1. The van der Waals surface area contributed by atoms with E-state index in [1.54, 1.807) is 0 Å². The van der Waals surface area contributed by atoms with E-state index in [4.69, 9.17) is 9.47 Å². The van der Waals surface area contributed by atoms with Gasteiger partial charge in [0.15, 0.2) is 11.5 Å². The van der Waals surface area contributed by atoms with Crippen LogP contribution in [0.4, 0.5) is 0 Å². The number of likely N-dealkylation sites (N-methyl/N-ethyl adjacent to an activating group) is 1. The van der Waals surface area contributed by atoms with Crippen LogP contribution in [0.2, 0.25) is 0 Å². The molecule has 132 valence electrons. The van der Waals surface area contributed by atoms with E-state index < -0.39 is 0 Å². The largest absolute Gasteiger partial charge is 0.486 e. The zero-order chi connectivity index (χ0) is 16.8. The third-order valence-corrected chi connectivity index (χ3v) is 4.62. The molecule has 0 bridgehead atoms. The van der Waals surface area contributed by atoms with E-state index in [-0.39, 0.29) is 5.91 Å². The number of hydrogen-bond acceptors (Lipinski definition) is 5. The van der Waals surface area contributed by atoms with E-state index in [0.29, 0.717) is 26.3 Å². The highest BCUT2D eigenvalue weighted by molar-refractivity contribution is 5.78. The first-order chi connectivity index (χ1) is 11.7. The van der Waals surface area contributed by atoms with Crippen molar-refractivity contribution in [1.29, 1.82) is 0 Å². The summed E-state index contributed by atoms with van der Waals surface area (Å²) in [7, 11) is 0. The highest BCUT2D eigenvalue weighted by Gasteiger charge is 2.17. The molecule has 24 heavy (non-hydrogen) atoms. The Labute approximate surface area is 143 Å². The SMILES string of the molecule is CCN1CCN(CC(=O)NCCc2ccc3c(c2)OCCO3)CC1. The fourth-order valence-corrected chi connectivity index (χ4v) is 3.11. The van der Waals surface area contributed by atoms with Gasteiger partial charge in [-0.15, -0.1) is 0 Å². The summed E-state index contributed by atoms with van der Waals surface area (Å²) < 4.78 is 11.1. The lowest BCUT2D eigenvalue weighted by Gasteiger charge is -2.33. The molecule has 0 aliphatic carbocycles. The Balaban J connectivity index is 1.38. The quantitative estimate of drug-likeness (QED) is 0.833. The summed E-state index contributed by atoms with van der Waals surface area (Å²) >= 11 is 0. The summed E-state index contributed by atoms with van der Waals surface area (Å²) in [6, 6.07) is 5.98. The van der Waals surface area contributed by atoms with Crippen LogP contribution in [-0.4, -0.2) is 74.7 Å². The maximum atomic E-state index is 12.1. The van der Waals surface area contributed by atoms with E-state index in [2.05, 4.69) is 22.0 Å². The molecule has 3 rings (SSSR count). The van der Waals surface area contributed by atoms with Gasteiger partial charge in [0.2, 0.25) is 5.91 Å². The lowest BCUT2D eigenvalue weighted by Crippen LogP contribution is -2.49. The molecule has 0 aromatic heterocycles. The number of benzene rings is 1. The fraction of sp³-hybridized carbons (Fsp3) is 0.611. The van der Waals surface area contributed by atoms with Crippen molar-refractivity contribution in [2.24, 2.45) is 0 Å². The highest BCUT2D eigenvalue weighted by atomic mass is 16.6. The van der Waals surface area contributed by atoms with Crippen molar-refractivity contribution >= 4 is 5.91 Å². The van der Waals surface area contributed by atoms with Crippen LogP contribution in [0.15, 0.2) is 18.2 Å². The van der Waals surface area contributed by atoms with Crippen LogP contribution in [0.25, 0.3) is 0 Å². The lowest BCUT2D eigenvalue weighted by molar-refractivity contribution is -0.122. The minimum absolute atomic E-state index is 0.109. The van der Waals surface area contributed by atoms with Gasteiger partial charge < -0.3 is 19.7 Å². The number of carbonyl (C=O) groups is 1. The zero-order valence-corrected chi connectivity index (χ0v) is 14.4. The Hall–Kier alpha value is -1.79. The lowest BCUT2D eigenvalue weighted by atomic mass is 10.1. The molecule has 1 saturated heterocycles. The minimum Gasteiger partial charge on any atom is -0.486 e. The number of hydrogen-bond donors (Lipinski definition) is 1. The minimum atomic E-state index is 0.109. The summed E-state index contributed by atoms with van der Waals surface area (Å²) in [5.41, 5.74) is 1.15. The van der Waals surface area contributed by atoms with E-state index in [1.165, 1.54) is 0 Å². The van der Waals surface area contributed by atoms with Crippen LogP contribution in [0.3, 0.4) is 0 Å². The average molecular weight is 333 g/mol. The highest BCUT2D eigenvalue weighted by Crippen LogP contribution is 2.30. The van der Waals surface area contributed by atoms with Gasteiger partial charge in [0.1, 0.15) is 13.2 Å². The third kappa shape index (κ3) is 4.61. The third-order valence-electron chi connectivity index (χ3n) is 4.62. The Morgan fingerprint density at radius 2 is 1.79 bits per heavy atom. The molecule has 0 unspecified atom stereocenters. The van der Waals surface area contributed by atoms with Crippen molar-refractivity contribution in [2.45, 2.75) is 13.3 Å². The Kier molecular flexibility index (Phi) is 5.93. The van der Waals surface area contributed by atoms with Crippen LogP contribution >= 0.6 is 0 Å². The first-order valence-electron chi connectivity index (χ1n) is 8.84. The molecule has 0 spiro atoms. The van der Waals surface area contributed by atoms with Crippen LogP contribution in [0, 0.1) is 0 Å². The van der Waals surface area contributed by atoms with Gasteiger partial charge in [-0.1, -0.05) is 13.0 Å².